The first-order valence-corrected chi connectivity index (χ1v) is 9.18. The van der Waals surface area contributed by atoms with E-state index in [1.54, 1.807) is 6.20 Å². The fourth-order valence-corrected chi connectivity index (χ4v) is 3.09. The van der Waals surface area contributed by atoms with Crippen molar-refractivity contribution in [1.29, 1.82) is 0 Å². The third-order valence-corrected chi connectivity index (χ3v) is 4.56. The zero-order valence-electron chi connectivity index (χ0n) is 15.4. The number of nitrogens with one attached hydrogen (secondary N) is 3. The van der Waals surface area contributed by atoms with Crippen molar-refractivity contribution in [2.75, 3.05) is 13.1 Å². The minimum atomic E-state index is 0.157. The number of aromatic amines is 1. The summed E-state index contributed by atoms with van der Waals surface area (Å²) in [6.45, 7) is 5.99. The second kappa shape index (κ2) is 8.71. The lowest BCUT2D eigenvalue weighted by Crippen LogP contribution is -2.36. The van der Waals surface area contributed by atoms with Gasteiger partial charge in [-0.1, -0.05) is 0 Å². The fourth-order valence-electron chi connectivity index (χ4n) is 3.09. The molecule has 2 aliphatic rings. The zero-order valence-corrected chi connectivity index (χ0v) is 15.4. The molecule has 6 heteroatoms. The molecule has 1 aromatic heterocycles. The molecule has 3 rings (SSSR count). The number of rotatable bonds is 3. The molecule has 2 aliphatic heterocycles. The summed E-state index contributed by atoms with van der Waals surface area (Å²) in [4.78, 5) is 12.2. The molecule has 5 N–H and O–H groups in total. The van der Waals surface area contributed by atoms with E-state index >= 15 is 0 Å². The van der Waals surface area contributed by atoms with Crippen LogP contribution in [0.15, 0.2) is 22.5 Å². The summed E-state index contributed by atoms with van der Waals surface area (Å²) >= 11 is 0. The first-order chi connectivity index (χ1) is 12.6. The Morgan fingerprint density at radius 1 is 1.19 bits per heavy atom. The average molecular weight is 350 g/mol. The summed E-state index contributed by atoms with van der Waals surface area (Å²) in [5.74, 6) is 13.3. The van der Waals surface area contributed by atoms with Crippen LogP contribution in [0.3, 0.4) is 0 Å². The van der Waals surface area contributed by atoms with Crippen molar-refractivity contribution >= 4 is 5.84 Å². The highest BCUT2D eigenvalue weighted by Crippen LogP contribution is 2.19. The Labute approximate surface area is 155 Å². The lowest BCUT2D eigenvalue weighted by Gasteiger charge is -2.09. The van der Waals surface area contributed by atoms with Crippen LogP contribution in [0.4, 0.5) is 0 Å². The van der Waals surface area contributed by atoms with E-state index in [-0.39, 0.29) is 6.04 Å². The van der Waals surface area contributed by atoms with Gasteiger partial charge in [0.2, 0.25) is 0 Å². The van der Waals surface area contributed by atoms with E-state index in [4.69, 9.17) is 5.73 Å². The molecule has 0 aliphatic carbocycles. The molecular weight excluding hydrogens is 324 g/mol. The van der Waals surface area contributed by atoms with E-state index in [0.29, 0.717) is 17.6 Å². The van der Waals surface area contributed by atoms with Crippen LogP contribution in [0.1, 0.15) is 57.1 Å². The Hall–Kier alpha value is -2.54. The standard InChI is InChI=1S/C20H26N6/c1-14(2)16(26-19(21)17-9-5-11-22-17)8-4-3-7-15-13-24-20(25-15)18-10-6-12-23-18/h13,17-18,22-23H,5-6,9-12H2,1-2H3,(H2,21,26)(H,24,25)/t17-,18-/m0/s1. The third kappa shape index (κ3) is 4.76. The largest absolute Gasteiger partial charge is 0.386 e. The highest BCUT2D eigenvalue weighted by Gasteiger charge is 2.19. The average Bonchev–Trinajstić information content (AvgIpc) is 3.39. The van der Waals surface area contributed by atoms with Crippen molar-refractivity contribution in [2.45, 2.75) is 51.6 Å². The predicted molar refractivity (Wildman–Crippen MR) is 104 cm³/mol. The van der Waals surface area contributed by atoms with Gasteiger partial charge >= 0.3 is 0 Å². The second-order valence-electron chi connectivity index (χ2n) is 6.87. The van der Waals surface area contributed by atoms with E-state index < -0.39 is 0 Å². The first-order valence-electron chi connectivity index (χ1n) is 9.18. The third-order valence-electron chi connectivity index (χ3n) is 4.56. The Balaban J connectivity index is 1.67. The van der Waals surface area contributed by atoms with Gasteiger partial charge in [-0.05, 0) is 81.9 Å². The number of allylic oxidation sites excluding steroid dienone is 2. The predicted octanol–water partition coefficient (Wildman–Crippen LogP) is 1.59. The molecule has 0 bridgehead atoms. The lowest BCUT2D eigenvalue weighted by atomic mass is 10.2. The quantitative estimate of drug-likeness (QED) is 0.378. The number of H-pyrrole nitrogens is 1. The molecular formula is C20H26N6. The second-order valence-corrected chi connectivity index (χ2v) is 6.87. The molecule has 26 heavy (non-hydrogen) atoms. The van der Waals surface area contributed by atoms with E-state index in [0.717, 1.165) is 49.4 Å². The van der Waals surface area contributed by atoms with Crippen LogP contribution in [0.25, 0.3) is 0 Å². The van der Waals surface area contributed by atoms with E-state index in [9.17, 15) is 0 Å². The highest BCUT2D eigenvalue weighted by atomic mass is 15.0. The topological polar surface area (TPSA) is 91.1 Å². The van der Waals surface area contributed by atoms with Crippen molar-refractivity contribution in [3.8, 4) is 23.7 Å². The van der Waals surface area contributed by atoms with Crippen molar-refractivity contribution in [3.63, 3.8) is 0 Å². The van der Waals surface area contributed by atoms with Crippen molar-refractivity contribution in [3.05, 3.63) is 29.0 Å². The van der Waals surface area contributed by atoms with Crippen LogP contribution in [-0.2, 0) is 0 Å². The summed E-state index contributed by atoms with van der Waals surface area (Å²) < 4.78 is 0. The summed E-state index contributed by atoms with van der Waals surface area (Å²) in [7, 11) is 0. The monoisotopic (exact) mass is 350 g/mol. The van der Waals surface area contributed by atoms with Gasteiger partial charge in [-0.25, -0.2) is 9.98 Å². The maximum atomic E-state index is 6.11. The van der Waals surface area contributed by atoms with Gasteiger partial charge in [0.05, 0.1) is 18.3 Å². The Kier molecular flexibility index (Phi) is 6.12. The number of imidazole rings is 1. The molecule has 136 valence electrons. The first kappa shape index (κ1) is 18.3. The smallest absolute Gasteiger partial charge is 0.124 e. The number of aliphatic imine (C=N–C) groups is 1. The number of amidine groups is 1. The van der Waals surface area contributed by atoms with Crippen molar-refractivity contribution in [1.82, 2.24) is 20.6 Å². The Morgan fingerprint density at radius 2 is 2.00 bits per heavy atom. The molecule has 2 atom stereocenters. The van der Waals surface area contributed by atoms with Crippen LogP contribution in [0.5, 0.6) is 0 Å². The molecule has 0 saturated carbocycles. The normalized spacial score (nSPS) is 22.3. The molecule has 0 aromatic carbocycles. The molecule has 0 amide bonds. The molecule has 1 aromatic rings. The lowest BCUT2D eigenvalue weighted by molar-refractivity contribution is 0.612. The molecule has 0 radical (unpaired) electrons. The van der Waals surface area contributed by atoms with Crippen molar-refractivity contribution < 1.29 is 0 Å². The summed E-state index contributed by atoms with van der Waals surface area (Å²) in [6.07, 6.45) is 6.21. The van der Waals surface area contributed by atoms with Gasteiger partial charge < -0.3 is 21.4 Å². The van der Waals surface area contributed by atoms with Crippen LogP contribution < -0.4 is 16.4 Å². The van der Waals surface area contributed by atoms with Crippen molar-refractivity contribution in [2.24, 2.45) is 10.7 Å². The van der Waals surface area contributed by atoms with Gasteiger partial charge in [0.25, 0.3) is 0 Å². The summed E-state index contributed by atoms with van der Waals surface area (Å²) in [5.41, 5.74) is 8.59. The molecule has 0 spiro atoms. The van der Waals surface area contributed by atoms with Crippen LogP contribution >= 0.6 is 0 Å². The Bertz CT molecular complexity index is 808. The van der Waals surface area contributed by atoms with Gasteiger partial charge in [0, 0.05) is 0 Å². The summed E-state index contributed by atoms with van der Waals surface area (Å²) in [6, 6.07) is 0.472. The van der Waals surface area contributed by atoms with Gasteiger partial charge in [0.1, 0.15) is 23.1 Å². The van der Waals surface area contributed by atoms with Gasteiger partial charge in [-0.2, -0.15) is 0 Å². The van der Waals surface area contributed by atoms with Gasteiger partial charge in [-0.15, -0.1) is 0 Å². The zero-order chi connectivity index (χ0) is 18.4. The number of hydrogen-bond acceptors (Lipinski definition) is 4. The maximum Gasteiger partial charge on any atom is 0.124 e. The highest BCUT2D eigenvalue weighted by molar-refractivity contribution is 5.87. The van der Waals surface area contributed by atoms with E-state index in [2.05, 4.69) is 49.3 Å². The minimum absolute atomic E-state index is 0.157. The maximum absolute atomic E-state index is 6.11. The van der Waals surface area contributed by atoms with Gasteiger partial charge in [-0.3, -0.25) is 0 Å². The molecule has 2 fully saturated rings. The minimum Gasteiger partial charge on any atom is -0.386 e. The van der Waals surface area contributed by atoms with Crippen LogP contribution in [-0.4, -0.2) is 34.9 Å². The Morgan fingerprint density at radius 3 is 2.69 bits per heavy atom. The number of nitrogens with two attached hydrogens (primary N) is 1. The number of aromatic nitrogens is 2. The van der Waals surface area contributed by atoms with Crippen LogP contribution in [0.2, 0.25) is 0 Å². The fraction of sp³-hybridized carbons (Fsp3) is 0.500. The SMILES string of the molecule is CC(C)=C(C#CC#Cc1cnc([C@@H]2CCCN2)[nH]1)/N=C(\N)[C@@H]1CCCN1. The van der Waals surface area contributed by atoms with E-state index in [1.165, 1.54) is 6.42 Å². The van der Waals surface area contributed by atoms with Gasteiger partial charge in [0.15, 0.2) is 0 Å². The van der Waals surface area contributed by atoms with Crippen LogP contribution in [0, 0.1) is 23.7 Å². The van der Waals surface area contributed by atoms with E-state index in [1.807, 2.05) is 13.8 Å². The summed E-state index contributed by atoms with van der Waals surface area (Å²) in [5, 5.41) is 6.76. The molecule has 3 heterocycles. The molecule has 2 saturated heterocycles. The molecule has 0 unspecified atom stereocenters. The molecule has 6 nitrogen and oxygen atoms in total. The number of hydrogen-bond donors (Lipinski definition) is 4. The number of nitrogens with zero attached hydrogens (tertiary/aromatic N) is 2.